The van der Waals surface area contributed by atoms with Crippen molar-refractivity contribution in [3.63, 3.8) is 0 Å². The van der Waals surface area contributed by atoms with Crippen LogP contribution in [0.15, 0.2) is 59.5 Å². The minimum Gasteiger partial charge on any atom is -0.497 e. The summed E-state index contributed by atoms with van der Waals surface area (Å²) in [6.45, 7) is 2.60. The first-order chi connectivity index (χ1) is 10.7. The van der Waals surface area contributed by atoms with E-state index in [1.54, 1.807) is 18.9 Å². The Bertz CT molecular complexity index is 584. The second-order valence-electron chi connectivity index (χ2n) is 4.89. The van der Waals surface area contributed by atoms with Crippen LogP contribution in [0.2, 0.25) is 0 Å². The quantitative estimate of drug-likeness (QED) is 0.788. The van der Waals surface area contributed by atoms with E-state index in [9.17, 15) is 4.79 Å². The largest absolute Gasteiger partial charge is 0.497 e. The van der Waals surface area contributed by atoms with E-state index < -0.39 is 0 Å². The third-order valence-corrected chi connectivity index (χ3v) is 4.69. The van der Waals surface area contributed by atoms with Gasteiger partial charge in [-0.15, -0.1) is 11.8 Å². The molecule has 1 amide bonds. The van der Waals surface area contributed by atoms with Gasteiger partial charge in [0, 0.05) is 11.4 Å². The zero-order valence-electron chi connectivity index (χ0n) is 12.9. The Morgan fingerprint density at radius 2 is 1.82 bits per heavy atom. The molecule has 0 aliphatic carbocycles. The lowest BCUT2D eigenvalue weighted by atomic mass is 10.2. The number of hydrogen-bond donors (Lipinski definition) is 1. The molecule has 0 fully saturated rings. The number of carbonyl (C=O) groups is 1. The summed E-state index contributed by atoms with van der Waals surface area (Å²) >= 11 is 1.58. The summed E-state index contributed by atoms with van der Waals surface area (Å²) in [5.41, 5.74) is 1.11. The standard InChI is InChI=1S/C18H21NO2S/c1-3-17(22-16-11-9-15(21-2)10-12-16)18(20)19-13-14-7-5-4-6-8-14/h4-12,17H,3,13H2,1-2H3,(H,19,20). The molecule has 1 atom stereocenters. The van der Waals surface area contributed by atoms with E-state index in [0.29, 0.717) is 6.54 Å². The highest BCUT2D eigenvalue weighted by molar-refractivity contribution is 8.00. The van der Waals surface area contributed by atoms with Gasteiger partial charge >= 0.3 is 0 Å². The molecule has 0 saturated heterocycles. The highest BCUT2D eigenvalue weighted by Gasteiger charge is 2.17. The Morgan fingerprint density at radius 1 is 1.14 bits per heavy atom. The molecule has 1 N–H and O–H groups in total. The second kappa shape index (κ2) is 8.49. The first kappa shape index (κ1) is 16.4. The third kappa shape index (κ3) is 4.81. The minimum absolute atomic E-state index is 0.0761. The lowest BCUT2D eigenvalue weighted by Crippen LogP contribution is -2.31. The third-order valence-electron chi connectivity index (χ3n) is 3.31. The van der Waals surface area contributed by atoms with E-state index in [-0.39, 0.29) is 11.2 Å². The van der Waals surface area contributed by atoms with Crippen LogP contribution in [0.1, 0.15) is 18.9 Å². The SMILES string of the molecule is CCC(Sc1ccc(OC)cc1)C(=O)NCc1ccccc1. The van der Waals surface area contributed by atoms with Gasteiger partial charge in [-0.1, -0.05) is 37.3 Å². The van der Waals surface area contributed by atoms with Gasteiger partial charge in [0.2, 0.25) is 5.91 Å². The van der Waals surface area contributed by atoms with Crippen LogP contribution >= 0.6 is 11.8 Å². The van der Waals surface area contributed by atoms with Gasteiger partial charge in [0.25, 0.3) is 0 Å². The van der Waals surface area contributed by atoms with Crippen molar-refractivity contribution in [1.82, 2.24) is 5.32 Å². The fourth-order valence-corrected chi connectivity index (χ4v) is 3.02. The zero-order chi connectivity index (χ0) is 15.8. The molecular formula is C18H21NO2S. The van der Waals surface area contributed by atoms with E-state index in [0.717, 1.165) is 22.6 Å². The molecular weight excluding hydrogens is 294 g/mol. The smallest absolute Gasteiger partial charge is 0.233 e. The molecule has 0 aliphatic heterocycles. The summed E-state index contributed by atoms with van der Waals surface area (Å²) in [5, 5.41) is 2.92. The fraction of sp³-hybridized carbons (Fsp3) is 0.278. The lowest BCUT2D eigenvalue weighted by Gasteiger charge is -2.15. The van der Waals surface area contributed by atoms with Crippen molar-refractivity contribution in [2.75, 3.05) is 7.11 Å². The van der Waals surface area contributed by atoms with E-state index in [1.807, 2.05) is 61.5 Å². The highest BCUT2D eigenvalue weighted by atomic mass is 32.2. The summed E-state index contributed by atoms with van der Waals surface area (Å²) in [5.74, 6) is 0.901. The van der Waals surface area contributed by atoms with Crippen molar-refractivity contribution in [3.8, 4) is 5.75 Å². The van der Waals surface area contributed by atoms with E-state index in [2.05, 4.69) is 5.32 Å². The number of hydrogen-bond acceptors (Lipinski definition) is 3. The monoisotopic (exact) mass is 315 g/mol. The normalized spacial score (nSPS) is 11.7. The van der Waals surface area contributed by atoms with Crippen molar-refractivity contribution < 1.29 is 9.53 Å². The van der Waals surface area contributed by atoms with Gasteiger partial charge in [0.05, 0.1) is 12.4 Å². The minimum atomic E-state index is -0.0860. The topological polar surface area (TPSA) is 38.3 Å². The average molecular weight is 315 g/mol. The summed E-state index contributed by atoms with van der Waals surface area (Å²) in [4.78, 5) is 13.4. The van der Waals surface area contributed by atoms with Crippen LogP contribution in [-0.2, 0) is 11.3 Å². The van der Waals surface area contributed by atoms with Crippen LogP contribution < -0.4 is 10.1 Å². The molecule has 0 spiro atoms. The molecule has 4 heteroatoms. The first-order valence-corrected chi connectivity index (χ1v) is 8.23. The van der Waals surface area contributed by atoms with Gasteiger partial charge in [0.1, 0.15) is 5.75 Å². The molecule has 22 heavy (non-hydrogen) atoms. The molecule has 2 rings (SSSR count). The van der Waals surface area contributed by atoms with Crippen LogP contribution in [0.3, 0.4) is 0 Å². The highest BCUT2D eigenvalue weighted by Crippen LogP contribution is 2.27. The summed E-state index contributed by atoms with van der Waals surface area (Å²) in [6, 6.07) is 17.7. The van der Waals surface area contributed by atoms with Gasteiger partial charge in [-0.05, 0) is 36.2 Å². The average Bonchev–Trinajstić information content (AvgIpc) is 2.59. The van der Waals surface area contributed by atoms with Gasteiger partial charge in [-0.25, -0.2) is 0 Å². The van der Waals surface area contributed by atoms with Gasteiger partial charge in [0.15, 0.2) is 0 Å². The molecule has 116 valence electrons. The molecule has 2 aromatic carbocycles. The summed E-state index contributed by atoms with van der Waals surface area (Å²) in [6.07, 6.45) is 0.789. The maximum absolute atomic E-state index is 12.3. The van der Waals surface area contributed by atoms with Gasteiger partial charge in [-0.2, -0.15) is 0 Å². The van der Waals surface area contributed by atoms with Crippen molar-refractivity contribution in [3.05, 3.63) is 60.2 Å². The Morgan fingerprint density at radius 3 is 2.41 bits per heavy atom. The van der Waals surface area contributed by atoms with Crippen LogP contribution in [0, 0.1) is 0 Å². The van der Waals surface area contributed by atoms with E-state index in [1.165, 1.54) is 0 Å². The Balaban J connectivity index is 1.90. The number of nitrogens with one attached hydrogen (secondary N) is 1. The predicted molar refractivity (Wildman–Crippen MR) is 91.2 cm³/mol. The Hall–Kier alpha value is -1.94. The van der Waals surface area contributed by atoms with E-state index in [4.69, 9.17) is 4.74 Å². The van der Waals surface area contributed by atoms with Gasteiger partial charge < -0.3 is 10.1 Å². The maximum atomic E-state index is 12.3. The van der Waals surface area contributed by atoms with Gasteiger partial charge in [-0.3, -0.25) is 4.79 Å². The van der Waals surface area contributed by atoms with Crippen LogP contribution in [-0.4, -0.2) is 18.3 Å². The Labute approximate surface area is 136 Å². The summed E-state index contributed by atoms with van der Waals surface area (Å²) < 4.78 is 5.15. The second-order valence-corrected chi connectivity index (χ2v) is 6.17. The molecule has 3 nitrogen and oxygen atoms in total. The van der Waals surface area contributed by atoms with Crippen LogP contribution in [0.5, 0.6) is 5.75 Å². The molecule has 1 unspecified atom stereocenters. The summed E-state index contributed by atoms with van der Waals surface area (Å²) in [7, 11) is 1.65. The number of thioether (sulfide) groups is 1. The molecule has 0 radical (unpaired) electrons. The number of ether oxygens (including phenoxy) is 1. The fourth-order valence-electron chi connectivity index (χ4n) is 2.04. The number of methoxy groups -OCH3 is 1. The van der Waals surface area contributed by atoms with Crippen molar-refractivity contribution in [1.29, 1.82) is 0 Å². The van der Waals surface area contributed by atoms with Crippen LogP contribution in [0.25, 0.3) is 0 Å². The van der Waals surface area contributed by atoms with Crippen molar-refractivity contribution >= 4 is 17.7 Å². The van der Waals surface area contributed by atoms with Crippen LogP contribution in [0.4, 0.5) is 0 Å². The molecule has 2 aromatic rings. The molecule has 0 heterocycles. The predicted octanol–water partition coefficient (Wildman–Crippen LogP) is 3.88. The first-order valence-electron chi connectivity index (χ1n) is 7.35. The Kier molecular flexibility index (Phi) is 6.34. The molecule has 0 aliphatic rings. The van der Waals surface area contributed by atoms with E-state index >= 15 is 0 Å². The molecule has 0 aromatic heterocycles. The molecule has 0 bridgehead atoms. The number of rotatable bonds is 7. The van der Waals surface area contributed by atoms with Crippen molar-refractivity contribution in [2.45, 2.75) is 30.0 Å². The number of amides is 1. The molecule has 0 saturated carbocycles. The zero-order valence-corrected chi connectivity index (χ0v) is 13.7. The number of benzene rings is 2. The lowest BCUT2D eigenvalue weighted by molar-refractivity contribution is -0.120. The number of carbonyl (C=O) groups excluding carboxylic acids is 1. The van der Waals surface area contributed by atoms with Crippen molar-refractivity contribution in [2.24, 2.45) is 0 Å². The maximum Gasteiger partial charge on any atom is 0.233 e.